The van der Waals surface area contributed by atoms with Gasteiger partial charge in [0, 0.05) is 31.7 Å². The second-order valence-electron chi connectivity index (χ2n) is 7.77. The molecule has 4 rings (SSSR count). The maximum Gasteiger partial charge on any atom is 0.328 e. The summed E-state index contributed by atoms with van der Waals surface area (Å²) < 4.78 is 8.86. The largest absolute Gasteiger partial charge is 0.480 e. The van der Waals surface area contributed by atoms with Gasteiger partial charge in [-0.3, -0.25) is 9.36 Å². The number of methoxy groups -OCH3 is 1. The summed E-state index contributed by atoms with van der Waals surface area (Å²) in [5.41, 5.74) is 3.24. The molecule has 0 radical (unpaired) electrons. The van der Waals surface area contributed by atoms with Crippen molar-refractivity contribution in [2.45, 2.75) is 19.9 Å². The number of benzene rings is 1. The predicted octanol–water partition coefficient (Wildman–Crippen LogP) is 4.36. The van der Waals surface area contributed by atoms with Crippen LogP contribution in [-0.4, -0.2) is 52.2 Å². The van der Waals surface area contributed by atoms with E-state index in [2.05, 4.69) is 28.7 Å². The van der Waals surface area contributed by atoms with E-state index in [1.807, 2.05) is 24.3 Å². The van der Waals surface area contributed by atoms with Crippen molar-refractivity contribution in [1.82, 2.24) is 19.0 Å². The smallest absolute Gasteiger partial charge is 0.328 e. The molecule has 4 aromatic rings. The summed E-state index contributed by atoms with van der Waals surface area (Å²) in [5, 5.41) is 3.75. The zero-order valence-corrected chi connectivity index (χ0v) is 18.2. The number of rotatable bonds is 4. The Morgan fingerprint density at radius 1 is 1.10 bits per heavy atom. The number of ether oxygens (including phenoxy) is 1. The number of carbonyl (C=O) groups excluding carboxylic acids is 2. The molecule has 0 bridgehead atoms. The Hall–Kier alpha value is -3.81. The maximum absolute atomic E-state index is 13.3. The standard InChI is InChI=1S/C23H25N5O3/c1-14(2)27-17-11-7-6-9-15(17)20-18(27)13-19(28(20)23(30)26(3)4)21(29)25-16-10-8-12-24-22(16)31-5/h6-14H,1-5H3,(H,25,29). The van der Waals surface area contributed by atoms with Gasteiger partial charge in [-0.05, 0) is 38.1 Å². The van der Waals surface area contributed by atoms with Crippen LogP contribution in [0.1, 0.15) is 30.4 Å². The molecule has 0 aliphatic rings. The molecule has 3 aromatic heterocycles. The van der Waals surface area contributed by atoms with Gasteiger partial charge in [0.05, 0.1) is 23.7 Å². The van der Waals surface area contributed by atoms with E-state index < -0.39 is 5.91 Å². The van der Waals surface area contributed by atoms with Crippen LogP contribution in [-0.2, 0) is 0 Å². The molecule has 0 saturated carbocycles. The molecule has 0 atom stereocenters. The number of nitrogens with zero attached hydrogens (tertiary/aromatic N) is 4. The summed E-state index contributed by atoms with van der Waals surface area (Å²) in [7, 11) is 4.82. The topological polar surface area (TPSA) is 81.4 Å². The van der Waals surface area contributed by atoms with E-state index in [1.54, 1.807) is 38.5 Å². The minimum atomic E-state index is -0.419. The van der Waals surface area contributed by atoms with E-state index in [9.17, 15) is 9.59 Å². The van der Waals surface area contributed by atoms with Crippen molar-refractivity contribution in [2.24, 2.45) is 0 Å². The van der Waals surface area contributed by atoms with Gasteiger partial charge in [0.2, 0.25) is 5.88 Å². The fourth-order valence-corrected chi connectivity index (χ4v) is 3.91. The van der Waals surface area contributed by atoms with Crippen LogP contribution in [0, 0.1) is 0 Å². The molecule has 1 aromatic carbocycles. The molecule has 0 fully saturated rings. The molecule has 2 amide bonds. The van der Waals surface area contributed by atoms with Crippen molar-refractivity contribution in [3.05, 3.63) is 54.4 Å². The second-order valence-corrected chi connectivity index (χ2v) is 7.77. The van der Waals surface area contributed by atoms with Crippen LogP contribution in [0.3, 0.4) is 0 Å². The van der Waals surface area contributed by atoms with Crippen LogP contribution in [0.15, 0.2) is 48.7 Å². The molecule has 0 aliphatic heterocycles. The third kappa shape index (κ3) is 3.30. The van der Waals surface area contributed by atoms with Crippen molar-refractivity contribution >= 4 is 39.6 Å². The van der Waals surface area contributed by atoms with E-state index in [0.29, 0.717) is 17.1 Å². The van der Waals surface area contributed by atoms with Crippen LogP contribution in [0.25, 0.3) is 21.9 Å². The summed E-state index contributed by atoms with van der Waals surface area (Å²) in [5.74, 6) is -0.119. The molecule has 31 heavy (non-hydrogen) atoms. The lowest BCUT2D eigenvalue weighted by Crippen LogP contribution is -2.30. The first kappa shape index (κ1) is 20.5. The molecule has 1 N–H and O–H groups in total. The number of nitrogens with one attached hydrogen (secondary N) is 1. The molecular formula is C23H25N5O3. The summed E-state index contributed by atoms with van der Waals surface area (Å²) in [6.07, 6.45) is 1.58. The Morgan fingerprint density at radius 2 is 1.84 bits per heavy atom. The molecule has 0 spiro atoms. The van der Waals surface area contributed by atoms with E-state index >= 15 is 0 Å². The number of aromatic nitrogens is 3. The number of hydrogen-bond acceptors (Lipinski definition) is 4. The van der Waals surface area contributed by atoms with Crippen molar-refractivity contribution < 1.29 is 14.3 Å². The molecule has 8 heteroatoms. The summed E-state index contributed by atoms with van der Waals surface area (Å²) >= 11 is 0. The zero-order chi connectivity index (χ0) is 22.3. The number of anilines is 1. The van der Waals surface area contributed by atoms with Gasteiger partial charge >= 0.3 is 6.03 Å². The van der Waals surface area contributed by atoms with Crippen molar-refractivity contribution in [2.75, 3.05) is 26.5 Å². The summed E-state index contributed by atoms with van der Waals surface area (Å²) in [4.78, 5) is 32.1. The van der Waals surface area contributed by atoms with Crippen LogP contribution < -0.4 is 10.1 Å². The zero-order valence-electron chi connectivity index (χ0n) is 18.2. The lowest BCUT2D eigenvalue weighted by Gasteiger charge is -2.15. The second kappa shape index (κ2) is 7.79. The quantitative estimate of drug-likeness (QED) is 0.533. The molecule has 160 valence electrons. The molecule has 3 heterocycles. The van der Waals surface area contributed by atoms with Crippen LogP contribution in [0.4, 0.5) is 10.5 Å². The van der Waals surface area contributed by atoms with Gasteiger partial charge in [0.1, 0.15) is 11.4 Å². The minimum absolute atomic E-state index is 0.141. The Kier molecular flexibility index (Phi) is 5.14. The third-order valence-corrected chi connectivity index (χ3v) is 5.19. The van der Waals surface area contributed by atoms with E-state index in [-0.39, 0.29) is 17.8 Å². The Morgan fingerprint density at radius 3 is 2.52 bits per heavy atom. The highest BCUT2D eigenvalue weighted by molar-refractivity contribution is 6.16. The summed E-state index contributed by atoms with van der Waals surface area (Å²) in [6, 6.07) is 12.9. The average Bonchev–Trinajstić information content (AvgIpc) is 3.28. The predicted molar refractivity (Wildman–Crippen MR) is 121 cm³/mol. The van der Waals surface area contributed by atoms with E-state index in [1.165, 1.54) is 16.6 Å². The first-order chi connectivity index (χ1) is 14.8. The Labute approximate surface area is 180 Å². The minimum Gasteiger partial charge on any atom is -0.480 e. The third-order valence-electron chi connectivity index (χ3n) is 5.19. The van der Waals surface area contributed by atoms with Gasteiger partial charge in [-0.1, -0.05) is 18.2 Å². The van der Waals surface area contributed by atoms with Gasteiger partial charge in [0.25, 0.3) is 5.91 Å². The Balaban J connectivity index is 1.97. The number of para-hydroxylation sites is 1. The number of pyridine rings is 1. The molecule has 8 nitrogen and oxygen atoms in total. The fraction of sp³-hybridized carbons (Fsp3) is 0.261. The SMILES string of the molecule is COc1ncccc1NC(=O)c1cc2c(c3ccccc3n2C(C)C)n1C(=O)N(C)C. The lowest BCUT2D eigenvalue weighted by atomic mass is 10.2. The maximum atomic E-state index is 13.3. The van der Waals surface area contributed by atoms with Crippen LogP contribution >= 0.6 is 0 Å². The highest BCUT2D eigenvalue weighted by Crippen LogP contribution is 2.35. The van der Waals surface area contributed by atoms with Gasteiger partial charge in [0.15, 0.2) is 0 Å². The fourth-order valence-electron chi connectivity index (χ4n) is 3.91. The van der Waals surface area contributed by atoms with Gasteiger partial charge in [-0.25, -0.2) is 9.78 Å². The Bertz CT molecular complexity index is 1300. The first-order valence-corrected chi connectivity index (χ1v) is 10.0. The van der Waals surface area contributed by atoms with Crippen LogP contribution in [0.2, 0.25) is 0 Å². The average molecular weight is 419 g/mol. The van der Waals surface area contributed by atoms with Crippen molar-refractivity contribution in [3.8, 4) is 5.88 Å². The van der Waals surface area contributed by atoms with E-state index in [0.717, 1.165) is 16.4 Å². The van der Waals surface area contributed by atoms with Gasteiger partial charge in [-0.15, -0.1) is 0 Å². The highest BCUT2D eigenvalue weighted by Gasteiger charge is 2.27. The molecular weight excluding hydrogens is 394 g/mol. The van der Waals surface area contributed by atoms with E-state index in [4.69, 9.17) is 4.74 Å². The number of hydrogen-bond donors (Lipinski definition) is 1. The lowest BCUT2D eigenvalue weighted by molar-refractivity contribution is 0.101. The number of fused-ring (bicyclic) bond motifs is 3. The van der Waals surface area contributed by atoms with Crippen LogP contribution in [0.5, 0.6) is 5.88 Å². The highest BCUT2D eigenvalue weighted by atomic mass is 16.5. The molecule has 0 saturated heterocycles. The number of amides is 2. The monoisotopic (exact) mass is 419 g/mol. The normalized spacial score (nSPS) is 11.3. The first-order valence-electron chi connectivity index (χ1n) is 10.0. The number of carbonyl (C=O) groups is 2. The summed E-state index contributed by atoms with van der Waals surface area (Å²) in [6.45, 7) is 4.16. The van der Waals surface area contributed by atoms with Crippen molar-refractivity contribution in [1.29, 1.82) is 0 Å². The van der Waals surface area contributed by atoms with Gasteiger partial charge in [-0.2, -0.15) is 0 Å². The van der Waals surface area contributed by atoms with Crippen molar-refractivity contribution in [3.63, 3.8) is 0 Å². The molecule has 0 unspecified atom stereocenters. The molecule has 0 aliphatic carbocycles. The van der Waals surface area contributed by atoms with Gasteiger partial charge < -0.3 is 19.5 Å².